The van der Waals surface area contributed by atoms with E-state index in [2.05, 4.69) is 0 Å². The maximum Gasteiger partial charge on any atom is 0.189 e. The molecular formula is C23H46O3. The van der Waals surface area contributed by atoms with Crippen LogP contribution in [-0.2, 0) is 0 Å². The van der Waals surface area contributed by atoms with Gasteiger partial charge in [-0.1, -0.05) is 116 Å². The Bertz CT molecular complexity index is 304. The molecule has 156 valence electrons. The number of hydrogen-bond acceptors (Lipinski definition) is 3. The second kappa shape index (κ2) is 15.9. The minimum atomic E-state index is -1.89. The summed E-state index contributed by atoms with van der Waals surface area (Å²) < 4.78 is 0. The van der Waals surface area contributed by atoms with Crippen molar-refractivity contribution >= 4 is 0 Å². The molecule has 1 aliphatic rings. The smallest absolute Gasteiger partial charge is 0.189 e. The van der Waals surface area contributed by atoms with E-state index in [-0.39, 0.29) is 0 Å². The first kappa shape index (κ1) is 23.9. The number of aliphatic hydroxyl groups is 3. The second-order valence-corrected chi connectivity index (χ2v) is 8.65. The summed E-state index contributed by atoms with van der Waals surface area (Å²) in [5.74, 6) is -1.89. The number of aliphatic hydroxyl groups excluding tert-OH is 1. The van der Waals surface area contributed by atoms with Crippen molar-refractivity contribution in [1.29, 1.82) is 0 Å². The summed E-state index contributed by atoms with van der Waals surface area (Å²) in [7, 11) is 0. The monoisotopic (exact) mass is 370 g/mol. The van der Waals surface area contributed by atoms with E-state index in [1.54, 1.807) is 0 Å². The molecule has 0 spiro atoms. The molecule has 0 aliphatic heterocycles. The van der Waals surface area contributed by atoms with Crippen LogP contribution in [0.3, 0.4) is 0 Å². The summed E-state index contributed by atoms with van der Waals surface area (Å²) in [6.07, 6.45) is 23.7. The molecule has 0 saturated heterocycles. The molecule has 0 radical (unpaired) electrons. The van der Waals surface area contributed by atoms with Crippen molar-refractivity contribution in [1.82, 2.24) is 0 Å². The van der Waals surface area contributed by atoms with Crippen molar-refractivity contribution in [2.75, 3.05) is 0 Å². The van der Waals surface area contributed by atoms with Crippen molar-refractivity contribution in [3.05, 3.63) is 0 Å². The van der Waals surface area contributed by atoms with E-state index in [0.29, 0.717) is 12.8 Å². The molecule has 0 aromatic rings. The Morgan fingerprint density at radius 1 is 0.423 bits per heavy atom. The van der Waals surface area contributed by atoms with Crippen LogP contribution in [0.2, 0.25) is 0 Å². The van der Waals surface area contributed by atoms with E-state index in [4.69, 9.17) is 0 Å². The molecule has 1 unspecified atom stereocenters. The van der Waals surface area contributed by atoms with Crippen molar-refractivity contribution in [2.45, 2.75) is 147 Å². The first-order chi connectivity index (χ1) is 12.6. The van der Waals surface area contributed by atoms with Gasteiger partial charge in [0.1, 0.15) is 6.10 Å². The van der Waals surface area contributed by atoms with E-state index < -0.39 is 11.9 Å². The fraction of sp³-hybridized carbons (Fsp3) is 1.00. The van der Waals surface area contributed by atoms with Gasteiger partial charge in [0.05, 0.1) is 0 Å². The van der Waals surface area contributed by atoms with Gasteiger partial charge in [-0.05, 0) is 12.8 Å². The molecule has 0 aromatic heterocycles. The van der Waals surface area contributed by atoms with Gasteiger partial charge in [-0.25, -0.2) is 0 Å². The van der Waals surface area contributed by atoms with E-state index in [1.165, 1.54) is 96.3 Å². The predicted octanol–water partition coefficient (Wildman–Crippen LogP) is 6.23. The summed E-state index contributed by atoms with van der Waals surface area (Å²) in [4.78, 5) is 0. The SMILES string of the molecule is OC1CCCCCCCCCCCCCCCCCCCCCC1(O)O. The topological polar surface area (TPSA) is 60.7 Å². The quantitative estimate of drug-likeness (QED) is 0.443. The van der Waals surface area contributed by atoms with Crippen LogP contribution < -0.4 is 0 Å². The molecule has 1 rings (SSSR count). The van der Waals surface area contributed by atoms with E-state index >= 15 is 0 Å². The lowest BCUT2D eigenvalue weighted by Gasteiger charge is -2.27. The van der Waals surface area contributed by atoms with Crippen molar-refractivity contribution < 1.29 is 15.3 Å². The average Bonchev–Trinajstić information content (AvgIpc) is 2.62. The van der Waals surface area contributed by atoms with Gasteiger partial charge in [-0.3, -0.25) is 0 Å². The molecule has 26 heavy (non-hydrogen) atoms. The lowest BCUT2D eigenvalue weighted by Crippen LogP contribution is -2.42. The van der Waals surface area contributed by atoms with Crippen LogP contribution in [0, 0.1) is 0 Å². The van der Waals surface area contributed by atoms with Crippen molar-refractivity contribution in [3.63, 3.8) is 0 Å². The Morgan fingerprint density at radius 2 is 0.692 bits per heavy atom. The molecule has 0 aromatic carbocycles. The van der Waals surface area contributed by atoms with E-state index in [1.807, 2.05) is 0 Å². The van der Waals surface area contributed by atoms with Crippen LogP contribution >= 0.6 is 0 Å². The highest BCUT2D eigenvalue weighted by atomic mass is 16.5. The molecule has 1 saturated carbocycles. The Labute approximate surface area is 162 Å². The third kappa shape index (κ3) is 13.1. The largest absolute Gasteiger partial charge is 0.388 e. The van der Waals surface area contributed by atoms with Gasteiger partial charge in [0.2, 0.25) is 0 Å². The van der Waals surface area contributed by atoms with Gasteiger partial charge in [-0.15, -0.1) is 0 Å². The molecular weight excluding hydrogens is 324 g/mol. The van der Waals surface area contributed by atoms with Gasteiger partial charge in [0.25, 0.3) is 0 Å². The predicted molar refractivity (Wildman–Crippen MR) is 110 cm³/mol. The van der Waals surface area contributed by atoms with Gasteiger partial charge in [0, 0.05) is 6.42 Å². The Morgan fingerprint density at radius 3 is 1.04 bits per heavy atom. The third-order valence-corrected chi connectivity index (χ3v) is 6.06. The molecule has 1 atom stereocenters. The summed E-state index contributed by atoms with van der Waals surface area (Å²) in [5.41, 5.74) is 0. The van der Waals surface area contributed by atoms with Crippen LogP contribution in [-0.4, -0.2) is 27.2 Å². The zero-order valence-electron chi connectivity index (χ0n) is 17.3. The van der Waals surface area contributed by atoms with Gasteiger partial charge < -0.3 is 15.3 Å². The van der Waals surface area contributed by atoms with Gasteiger partial charge in [0.15, 0.2) is 5.79 Å². The molecule has 0 amide bonds. The second-order valence-electron chi connectivity index (χ2n) is 8.65. The van der Waals surface area contributed by atoms with Gasteiger partial charge >= 0.3 is 0 Å². The summed E-state index contributed by atoms with van der Waals surface area (Å²) in [5, 5.41) is 30.3. The highest BCUT2D eigenvalue weighted by Crippen LogP contribution is 2.22. The average molecular weight is 371 g/mol. The lowest BCUT2D eigenvalue weighted by molar-refractivity contribution is -0.230. The maximum atomic E-state index is 10.1. The standard InChI is InChI=1S/C23H46O3/c24-22-20-18-16-14-12-10-8-6-4-2-1-3-5-7-9-11-13-15-17-19-21-23(22,25)26/h22,24-26H,1-21H2. The fourth-order valence-electron chi connectivity index (χ4n) is 4.13. The van der Waals surface area contributed by atoms with Gasteiger partial charge in [-0.2, -0.15) is 0 Å². The summed E-state index contributed by atoms with van der Waals surface area (Å²) >= 11 is 0. The van der Waals surface area contributed by atoms with Crippen LogP contribution in [0.25, 0.3) is 0 Å². The van der Waals surface area contributed by atoms with Crippen LogP contribution in [0.5, 0.6) is 0 Å². The molecule has 3 heteroatoms. The Balaban J connectivity index is 2.24. The van der Waals surface area contributed by atoms with Crippen LogP contribution in [0.15, 0.2) is 0 Å². The maximum absolute atomic E-state index is 10.1. The molecule has 1 fully saturated rings. The Hall–Kier alpha value is -0.120. The molecule has 3 nitrogen and oxygen atoms in total. The van der Waals surface area contributed by atoms with Crippen molar-refractivity contribution in [2.24, 2.45) is 0 Å². The van der Waals surface area contributed by atoms with Crippen LogP contribution in [0.4, 0.5) is 0 Å². The van der Waals surface area contributed by atoms with Crippen molar-refractivity contribution in [3.8, 4) is 0 Å². The Kier molecular flexibility index (Phi) is 14.6. The third-order valence-electron chi connectivity index (χ3n) is 6.06. The molecule has 1 aliphatic carbocycles. The molecule has 0 bridgehead atoms. The minimum Gasteiger partial charge on any atom is -0.388 e. The number of rotatable bonds is 0. The first-order valence-corrected chi connectivity index (χ1v) is 11.8. The fourth-order valence-corrected chi connectivity index (χ4v) is 4.13. The molecule has 3 N–H and O–H groups in total. The highest BCUT2D eigenvalue weighted by molar-refractivity contribution is 4.75. The van der Waals surface area contributed by atoms with Crippen LogP contribution in [0.1, 0.15) is 135 Å². The zero-order chi connectivity index (χ0) is 18.9. The molecule has 0 heterocycles. The normalized spacial score (nSPS) is 27.6. The van der Waals surface area contributed by atoms with E-state index in [9.17, 15) is 15.3 Å². The zero-order valence-corrected chi connectivity index (χ0v) is 17.3. The lowest BCUT2D eigenvalue weighted by atomic mass is 9.96. The van der Waals surface area contributed by atoms with E-state index in [0.717, 1.165) is 25.7 Å². The summed E-state index contributed by atoms with van der Waals surface area (Å²) in [6.45, 7) is 0. The minimum absolute atomic E-state index is 0.300. The number of hydrogen-bond donors (Lipinski definition) is 3. The summed E-state index contributed by atoms with van der Waals surface area (Å²) in [6, 6.07) is 0. The highest BCUT2D eigenvalue weighted by Gasteiger charge is 2.31. The first-order valence-electron chi connectivity index (χ1n) is 11.8.